The number of likely N-dealkylation sites (tertiary alicyclic amines) is 1. The van der Waals surface area contributed by atoms with Crippen LogP contribution >= 0.6 is 0 Å². The third-order valence-corrected chi connectivity index (χ3v) is 6.84. The van der Waals surface area contributed by atoms with E-state index in [0.29, 0.717) is 43.9 Å². The number of nitrogens with zero attached hydrogens (tertiary/aromatic N) is 3. The van der Waals surface area contributed by atoms with E-state index in [-0.39, 0.29) is 18.4 Å². The molecule has 2 aromatic rings. The Morgan fingerprint density at radius 2 is 2.00 bits per heavy atom. The number of aliphatic hydroxyl groups is 1. The number of aliphatic hydroxyl groups excluding tert-OH is 1. The largest absolute Gasteiger partial charge is 0.417 e. The van der Waals surface area contributed by atoms with E-state index >= 15 is 0 Å². The highest BCUT2D eigenvalue weighted by molar-refractivity contribution is 5.95. The second-order valence-electron chi connectivity index (χ2n) is 8.77. The number of halogens is 3. The molecular formula is C24H24F3N3O2. The molecular weight excluding hydrogens is 419 g/mol. The van der Waals surface area contributed by atoms with Gasteiger partial charge < -0.3 is 14.9 Å². The quantitative estimate of drug-likeness (QED) is 0.783. The monoisotopic (exact) mass is 443 g/mol. The molecule has 8 heteroatoms. The van der Waals surface area contributed by atoms with Gasteiger partial charge >= 0.3 is 6.18 Å². The third kappa shape index (κ3) is 3.82. The van der Waals surface area contributed by atoms with Gasteiger partial charge in [0, 0.05) is 42.8 Å². The number of alkyl halides is 3. The van der Waals surface area contributed by atoms with Gasteiger partial charge in [-0.05, 0) is 49.1 Å². The Morgan fingerprint density at radius 1 is 1.25 bits per heavy atom. The molecule has 2 aromatic carbocycles. The van der Waals surface area contributed by atoms with Crippen LogP contribution in [-0.4, -0.2) is 48.7 Å². The first-order valence-electron chi connectivity index (χ1n) is 10.5. The molecule has 2 heterocycles. The maximum absolute atomic E-state index is 13.4. The molecule has 2 aliphatic heterocycles. The van der Waals surface area contributed by atoms with Gasteiger partial charge in [-0.1, -0.05) is 18.2 Å². The summed E-state index contributed by atoms with van der Waals surface area (Å²) in [5.74, 6) is -0.0380. The van der Waals surface area contributed by atoms with E-state index in [4.69, 9.17) is 5.26 Å². The molecule has 1 amide bonds. The van der Waals surface area contributed by atoms with Crippen LogP contribution in [-0.2, 0) is 6.18 Å². The van der Waals surface area contributed by atoms with E-state index in [9.17, 15) is 23.1 Å². The summed E-state index contributed by atoms with van der Waals surface area (Å²) in [6.07, 6.45) is -3.96. The molecule has 0 saturated carbocycles. The molecule has 2 saturated heterocycles. The standard InChI is InChI=1S/C24H24F3N3O2/c1-16-4-2-3-5-20(16)22(32)29-9-8-18-12-30(14-23(18,13-29)15-31)19-7-6-17(11-28)21(10-19)24(25,26)27/h2-7,10,18,31H,8-9,12-15H2,1H3/t18-,23+/m0/s1. The molecule has 32 heavy (non-hydrogen) atoms. The molecule has 4 rings (SSSR count). The highest BCUT2D eigenvalue weighted by atomic mass is 19.4. The van der Waals surface area contributed by atoms with Gasteiger partial charge in [0.15, 0.2) is 0 Å². The fourth-order valence-corrected chi connectivity index (χ4v) is 5.02. The normalized spacial score (nSPS) is 23.1. The predicted molar refractivity (Wildman–Crippen MR) is 113 cm³/mol. The van der Waals surface area contributed by atoms with Crippen LogP contribution in [0.3, 0.4) is 0 Å². The molecule has 2 aliphatic rings. The summed E-state index contributed by atoms with van der Waals surface area (Å²) >= 11 is 0. The first kappa shape index (κ1) is 22.2. The zero-order valence-electron chi connectivity index (χ0n) is 17.7. The van der Waals surface area contributed by atoms with Crippen molar-refractivity contribution in [3.8, 4) is 6.07 Å². The summed E-state index contributed by atoms with van der Waals surface area (Å²) in [6, 6.07) is 12.7. The highest BCUT2D eigenvalue weighted by Crippen LogP contribution is 2.44. The van der Waals surface area contributed by atoms with Gasteiger partial charge in [0.05, 0.1) is 23.8 Å². The Labute approximate surface area is 184 Å². The van der Waals surface area contributed by atoms with Crippen molar-refractivity contribution in [2.24, 2.45) is 11.3 Å². The Kier molecular flexibility index (Phi) is 5.63. The van der Waals surface area contributed by atoms with E-state index in [1.54, 1.807) is 17.0 Å². The van der Waals surface area contributed by atoms with Crippen molar-refractivity contribution in [1.82, 2.24) is 4.90 Å². The average Bonchev–Trinajstić information content (AvgIpc) is 3.17. The molecule has 2 atom stereocenters. The molecule has 5 nitrogen and oxygen atoms in total. The minimum Gasteiger partial charge on any atom is -0.396 e. The number of anilines is 1. The second-order valence-corrected chi connectivity index (χ2v) is 8.77. The van der Waals surface area contributed by atoms with Crippen molar-refractivity contribution in [2.75, 3.05) is 37.7 Å². The summed E-state index contributed by atoms with van der Waals surface area (Å²) in [4.78, 5) is 16.7. The lowest BCUT2D eigenvalue weighted by molar-refractivity contribution is -0.137. The van der Waals surface area contributed by atoms with E-state index in [2.05, 4.69) is 0 Å². The minimum absolute atomic E-state index is 0.0541. The summed E-state index contributed by atoms with van der Waals surface area (Å²) in [5, 5.41) is 19.4. The number of nitriles is 1. The number of hydrogen-bond acceptors (Lipinski definition) is 4. The van der Waals surface area contributed by atoms with Gasteiger partial charge in [-0.2, -0.15) is 18.4 Å². The molecule has 0 radical (unpaired) electrons. The SMILES string of the molecule is Cc1ccccc1C(=O)N1CC[C@H]2CN(c3ccc(C#N)c(C(F)(F)F)c3)C[C@@]2(CO)C1. The van der Waals surface area contributed by atoms with Crippen molar-refractivity contribution >= 4 is 11.6 Å². The van der Waals surface area contributed by atoms with Crippen LogP contribution in [0.5, 0.6) is 0 Å². The van der Waals surface area contributed by atoms with Crippen LogP contribution in [0.4, 0.5) is 18.9 Å². The van der Waals surface area contributed by atoms with Crippen LogP contribution in [0.25, 0.3) is 0 Å². The lowest BCUT2D eigenvalue weighted by atomic mass is 9.74. The van der Waals surface area contributed by atoms with Gasteiger partial charge in [0.1, 0.15) is 0 Å². The van der Waals surface area contributed by atoms with Crippen molar-refractivity contribution in [3.05, 3.63) is 64.7 Å². The maximum atomic E-state index is 13.4. The summed E-state index contributed by atoms with van der Waals surface area (Å²) in [6.45, 7) is 3.44. The van der Waals surface area contributed by atoms with E-state index in [1.807, 2.05) is 30.0 Å². The number of amides is 1. The van der Waals surface area contributed by atoms with Crippen molar-refractivity contribution in [2.45, 2.75) is 19.5 Å². The lowest BCUT2D eigenvalue weighted by Crippen LogP contribution is -2.52. The molecule has 0 unspecified atom stereocenters. The molecule has 0 aliphatic carbocycles. The second kappa shape index (κ2) is 8.14. The fourth-order valence-electron chi connectivity index (χ4n) is 5.02. The van der Waals surface area contributed by atoms with E-state index in [0.717, 1.165) is 11.6 Å². The molecule has 0 bridgehead atoms. The number of carbonyl (C=O) groups is 1. The lowest BCUT2D eigenvalue weighted by Gasteiger charge is -2.43. The Bertz CT molecular complexity index is 1080. The van der Waals surface area contributed by atoms with Crippen LogP contribution < -0.4 is 4.90 Å². The van der Waals surface area contributed by atoms with Gasteiger partial charge in [-0.25, -0.2) is 0 Å². The number of piperidine rings is 1. The van der Waals surface area contributed by atoms with Gasteiger partial charge in [0.2, 0.25) is 0 Å². The Balaban J connectivity index is 1.59. The van der Waals surface area contributed by atoms with Crippen molar-refractivity contribution in [1.29, 1.82) is 5.26 Å². The highest BCUT2D eigenvalue weighted by Gasteiger charge is 2.50. The van der Waals surface area contributed by atoms with E-state index < -0.39 is 22.7 Å². The van der Waals surface area contributed by atoms with Gasteiger partial charge in [0.25, 0.3) is 5.91 Å². The Hall–Kier alpha value is -3.05. The molecule has 1 N–H and O–H groups in total. The number of benzene rings is 2. The fraction of sp³-hybridized carbons (Fsp3) is 0.417. The number of hydrogen-bond donors (Lipinski definition) is 1. The predicted octanol–water partition coefficient (Wildman–Crippen LogP) is 3.85. The van der Waals surface area contributed by atoms with Crippen molar-refractivity contribution < 1.29 is 23.1 Å². The topological polar surface area (TPSA) is 67.6 Å². The van der Waals surface area contributed by atoms with Crippen LogP contribution in [0, 0.1) is 29.6 Å². The molecule has 168 valence electrons. The number of fused-ring (bicyclic) bond motifs is 1. The van der Waals surface area contributed by atoms with Crippen molar-refractivity contribution in [3.63, 3.8) is 0 Å². The number of rotatable bonds is 3. The Morgan fingerprint density at radius 3 is 2.66 bits per heavy atom. The van der Waals surface area contributed by atoms with Crippen LogP contribution in [0.15, 0.2) is 42.5 Å². The minimum atomic E-state index is -4.63. The van der Waals surface area contributed by atoms with E-state index in [1.165, 1.54) is 12.1 Å². The number of carbonyl (C=O) groups excluding carboxylic acids is 1. The first-order chi connectivity index (χ1) is 15.2. The summed E-state index contributed by atoms with van der Waals surface area (Å²) in [7, 11) is 0. The first-order valence-corrected chi connectivity index (χ1v) is 10.5. The van der Waals surface area contributed by atoms with Crippen LogP contribution in [0.1, 0.15) is 33.5 Å². The third-order valence-electron chi connectivity index (χ3n) is 6.84. The maximum Gasteiger partial charge on any atom is 0.417 e. The summed E-state index contributed by atoms with van der Waals surface area (Å²) < 4.78 is 40.3. The smallest absolute Gasteiger partial charge is 0.396 e. The summed E-state index contributed by atoms with van der Waals surface area (Å²) in [5.41, 5.74) is -0.108. The van der Waals surface area contributed by atoms with Crippen LogP contribution in [0.2, 0.25) is 0 Å². The molecule has 0 spiro atoms. The molecule has 2 fully saturated rings. The average molecular weight is 443 g/mol. The van der Waals surface area contributed by atoms with Gasteiger partial charge in [-0.15, -0.1) is 0 Å². The zero-order valence-corrected chi connectivity index (χ0v) is 17.7. The molecule has 0 aromatic heterocycles. The number of aryl methyl sites for hydroxylation is 1. The van der Waals surface area contributed by atoms with Gasteiger partial charge in [-0.3, -0.25) is 4.79 Å². The zero-order chi connectivity index (χ0) is 23.1.